The van der Waals surface area contributed by atoms with Crippen molar-refractivity contribution < 1.29 is 27.2 Å². The number of alkyl halides is 4. The van der Waals surface area contributed by atoms with Crippen LogP contribution in [0.2, 0.25) is 0 Å². The van der Waals surface area contributed by atoms with E-state index in [4.69, 9.17) is 5.73 Å². The Bertz CT molecular complexity index is 1540. The Morgan fingerprint density at radius 1 is 1.19 bits per heavy atom. The number of anilines is 2. The molecule has 4 heterocycles. The van der Waals surface area contributed by atoms with Crippen LogP contribution in [0.15, 0.2) is 47.3 Å². The number of hydrogen-bond donors (Lipinski definition) is 2. The monoisotopic (exact) mass is 579 g/mol. The number of nitrogen functional groups attached to an aromatic ring is 1. The molecule has 4 aromatic rings. The van der Waals surface area contributed by atoms with E-state index in [-0.39, 0.29) is 46.5 Å². The second kappa shape index (κ2) is 9.25. The lowest BCUT2D eigenvalue weighted by molar-refractivity contribution is -0.137. The molecule has 0 radical (unpaired) electrons. The summed E-state index contributed by atoms with van der Waals surface area (Å²) in [5, 5.41) is 2.87. The van der Waals surface area contributed by atoms with Gasteiger partial charge in [0.05, 0.1) is 23.0 Å². The highest BCUT2D eigenvalue weighted by Crippen LogP contribution is 2.36. The number of carbonyl (C=O) groups is 2. The molecule has 1 aromatic carbocycles. The van der Waals surface area contributed by atoms with E-state index in [2.05, 4.69) is 36.2 Å². The van der Waals surface area contributed by atoms with Crippen LogP contribution in [0.5, 0.6) is 0 Å². The predicted molar refractivity (Wildman–Crippen MR) is 130 cm³/mol. The SMILES string of the molecule is Nc1ncnc2c1c1cc(C(F)(F)F)ccc1n2CC(=O)N1C[C@H](F)C[C@@H]1C(=O)Nc1cccc(Br)n1. The zero-order valence-corrected chi connectivity index (χ0v) is 20.4. The molecule has 0 aliphatic carbocycles. The van der Waals surface area contributed by atoms with Crippen molar-refractivity contribution in [2.24, 2.45) is 0 Å². The Balaban J connectivity index is 1.48. The Kier molecular flexibility index (Phi) is 6.22. The van der Waals surface area contributed by atoms with Gasteiger partial charge in [0.25, 0.3) is 0 Å². The summed E-state index contributed by atoms with van der Waals surface area (Å²) in [7, 11) is 0. The molecule has 5 rings (SSSR count). The Morgan fingerprint density at radius 2 is 1.97 bits per heavy atom. The minimum Gasteiger partial charge on any atom is -0.383 e. The third-order valence-corrected chi connectivity index (χ3v) is 6.57. The maximum absolute atomic E-state index is 14.4. The van der Waals surface area contributed by atoms with E-state index < -0.39 is 42.3 Å². The van der Waals surface area contributed by atoms with Crippen LogP contribution >= 0.6 is 15.9 Å². The van der Waals surface area contributed by atoms with Crippen LogP contribution in [0.25, 0.3) is 21.9 Å². The number of rotatable bonds is 4. The number of likely N-dealkylation sites (tertiary alicyclic amines) is 1. The summed E-state index contributed by atoms with van der Waals surface area (Å²) < 4.78 is 56.3. The van der Waals surface area contributed by atoms with Gasteiger partial charge in [0.2, 0.25) is 11.8 Å². The fraction of sp³-hybridized carbons (Fsp3) is 0.261. The third kappa shape index (κ3) is 4.68. The third-order valence-electron chi connectivity index (χ3n) is 6.13. The minimum atomic E-state index is -4.60. The highest BCUT2D eigenvalue weighted by molar-refractivity contribution is 9.10. The molecule has 192 valence electrons. The number of nitrogens with zero attached hydrogens (tertiary/aromatic N) is 5. The normalized spacial score (nSPS) is 18.0. The second-order valence-electron chi connectivity index (χ2n) is 8.50. The highest BCUT2D eigenvalue weighted by atomic mass is 79.9. The summed E-state index contributed by atoms with van der Waals surface area (Å²) in [5.41, 5.74) is 5.47. The molecule has 2 atom stereocenters. The zero-order chi connectivity index (χ0) is 26.5. The van der Waals surface area contributed by atoms with Crippen molar-refractivity contribution in [2.45, 2.75) is 31.4 Å². The average Bonchev–Trinajstić information content (AvgIpc) is 3.37. The van der Waals surface area contributed by atoms with Crippen molar-refractivity contribution in [3.05, 3.63) is 52.9 Å². The first-order valence-corrected chi connectivity index (χ1v) is 11.8. The molecule has 1 saturated heterocycles. The quantitative estimate of drug-likeness (QED) is 0.279. The number of hydrogen-bond acceptors (Lipinski definition) is 6. The summed E-state index contributed by atoms with van der Waals surface area (Å²) in [6.45, 7) is -0.719. The van der Waals surface area contributed by atoms with E-state index in [1.54, 1.807) is 18.2 Å². The van der Waals surface area contributed by atoms with E-state index in [9.17, 15) is 27.2 Å². The smallest absolute Gasteiger partial charge is 0.383 e. The standard InChI is InChI=1S/C23H18BrF4N7O2/c24-16-2-1-3-17(32-16)33-22(37)15-7-12(25)8-34(15)18(36)9-35-14-5-4-11(23(26,27)28)6-13(14)19-20(29)30-10-31-21(19)35/h1-6,10,12,15H,7-9H2,(H2,29,30,31)(H,32,33,37)/t12-,15-/m1/s1. The second-order valence-corrected chi connectivity index (χ2v) is 9.32. The molecule has 9 nitrogen and oxygen atoms in total. The molecule has 2 amide bonds. The van der Waals surface area contributed by atoms with E-state index in [1.165, 1.54) is 10.6 Å². The van der Waals surface area contributed by atoms with Crippen molar-refractivity contribution in [3.63, 3.8) is 0 Å². The van der Waals surface area contributed by atoms with Crippen molar-refractivity contribution in [3.8, 4) is 0 Å². The molecule has 0 saturated carbocycles. The van der Waals surface area contributed by atoms with E-state index in [1.807, 2.05) is 0 Å². The fourth-order valence-corrected chi connectivity index (χ4v) is 4.84. The molecule has 14 heteroatoms. The van der Waals surface area contributed by atoms with Gasteiger partial charge in [0, 0.05) is 11.8 Å². The van der Waals surface area contributed by atoms with E-state index in [0.717, 1.165) is 23.4 Å². The number of amides is 2. The molecule has 0 unspecified atom stereocenters. The van der Waals surface area contributed by atoms with Gasteiger partial charge in [-0.25, -0.2) is 19.3 Å². The molecule has 3 N–H and O–H groups in total. The number of carbonyl (C=O) groups excluding carboxylic acids is 2. The lowest BCUT2D eigenvalue weighted by Gasteiger charge is -2.24. The van der Waals surface area contributed by atoms with E-state index >= 15 is 0 Å². The molecule has 37 heavy (non-hydrogen) atoms. The van der Waals surface area contributed by atoms with Gasteiger partial charge in [0.1, 0.15) is 47.0 Å². The first kappa shape index (κ1) is 24.9. The number of pyridine rings is 1. The summed E-state index contributed by atoms with van der Waals surface area (Å²) in [5.74, 6) is -1.05. The molecule has 1 aliphatic heterocycles. The van der Waals surface area contributed by atoms with Crippen molar-refractivity contribution in [2.75, 3.05) is 17.6 Å². The number of nitrogens with one attached hydrogen (secondary N) is 1. The number of aromatic nitrogens is 4. The van der Waals surface area contributed by atoms with Gasteiger partial charge in [-0.05, 0) is 46.3 Å². The van der Waals surface area contributed by atoms with Gasteiger partial charge in [-0.1, -0.05) is 6.07 Å². The topological polar surface area (TPSA) is 119 Å². The molecule has 0 spiro atoms. The van der Waals surface area contributed by atoms with Crippen LogP contribution in [0.4, 0.5) is 29.2 Å². The lowest BCUT2D eigenvalue weighted by atomic mass is 10.1. The molecule has 1 aliphatic rings. The predicted octanol–water partition coefficient (Wildman–Crippen LogP) is 3.92. The zero-order valence-electron chi connectivity index (χ0n) is 18.8. The van der Waals surface area contributed by atoms with E-state index in [0.29, 0.717) is 4.60 Å². The van der Waals surface area contributed by atoms with Gasteiger partial charge in [0.15, 0.2) is 0 Å². The van der Waals surface area contributed by atoms with Gasteiger partial charge in [-0.3, -0.25) is 9.59 Å². The van der Waals surface area contributed by atoms with Crippen LogP contribution in [0, 0.1) is 0 Å². The molecule has 0 bridgehead atoms. The summed E-state index contributed by atoms with van der Waals surface area (Å²) in [6.07, 6.45) is -5.10. The molecule has 3 aromatic heterocycles. The first-order chi connectivity index (χ1) is 17.5. The van der Waals surface area contributed by atoms with Crippen molar-refractivity contribution in [1.29, 1.82) is 0 Å². The molecular weight excluding hydrogens is 562 g/mol. The first-order valence-electron chi connectivity index (χ1n) is 11.0. The largest absolute Gasteiger partial charge is 0.416 e. The highest BCUT2D eigenvalue weighted by Gasteiger charge is 2.40. The summed E-state index contributed by atoms with van der Waals surface area (Å²) in [6, 6.07) is 6.80. The van der Waals surface area contributed by atoms with Crippen molar-refractivity contribution >= 4 is 61.3 Å². The van der Waals surface area contributed by atoms with Crippen LogP contribution < -0.4 is 11.1 Å². The number of fused-ring (bicyclic) bond motifs is 3. The van der Waals surface area contributed by atoms with Gasteiger partial charge in [-0.15, -0.1) is 0 Å². The minimum absolute atomic E-state index is 0.0516. The van der Waals surface area contributed by atoms with Crippen LogP contribution in [0.1, 0.15) is 12.0 Å². The van der Waals surface area contributed by atoms with Crippen molar-refractivity contribution in [1.82, 2.24) is 24.4 Å². The molecule has 1 fully saturated rings. The number of benzene rings is 1. The molecular formula is C23H18BrF4N7O2. The van der Waals surface area contributed by atoms with Crippen LogP contribution in [-0.2, 0) is 22.3 Å². The van der Waals surface area contributed by atoms with Gasteiger partial charge in [-0.2, -0.15) is 13.2 Å². The number of halogens is 5. The van der Waals surface area contributed by atoms with Gasteiger partial charge < -0.3 is 20.5 Å². The van der Waals surface area contributed by atoms with Gasteiger partial charge >= 0.3 is 6.18 Å². The Hall–Kier alpha value is -3.81. The fourth-order valence-electron chi connectivity index (χ4n) is 4.50. The maximum Gasteiger partial charge on any atom is 0.416 e. The average molecular weight is 580 g/mol. The van der Waals surface area contributed by atoms with Crippen LogP contribution in [-0.4, -0.2) is 55.0 Å². The summed E-state index contributed by atoms with van der Waals surface area (Å²) >= 11 is 3.20. The summed E-state index contributed by atoms with van der Waals surface area (Å²) in [4.78, 5) is 39.5. The van der Waals surface area contributed by atoms with Crippen LogP contribution in [0.3, 0.4) is 0 Å². The lowest BCUT2D eigenvalue weighted by Crippen LogP contribution is -2.44. The maximum atomic E-state index is 14.4. The Morgan fingerprint density at radius 3 is 2.70 bits per heavy atom. The number of nitrogens with two attached hydrogens (primary N) is 1. The Labute approximate surface area is 214 Å².